The Morgan fingerprint density at radius 3 is 2.86 bits per heavy atom. The Bertz CT molecular complexity index is 306. The van der Waals surface area contributed by atoms with Crippen LogP contribution in [0.2, 0.25) is 0 Å². The second kappa shape index (κ2) is 4.04. The highest BCUT2D eigenvalue weighted by Gasteiger charge is 2.29. The SMILES string of the molecule is CCCCC1c2ccccc2O[C@H]1C. The minimum absolute atomic E-state index is 0.360. The van der Waals surface area contributed by atoms with E-state index < -0.39 is 0 Å². The van der Waals surface area contributed by atoms with Crippen molar-refractivity contribution in [3.05, 3.63) is 29.8 Å². The Morgan fingerprint density at radius 1 is 1.29 bits per heavy atom. The molecule has 0 N–H and O–H groups in total. The van der Waals surface area contributed by atoms with Crippen LogP contribution in [0.25, 0.3) is 0 Å². The van der Waals surface area contributed by atoms with Crippen molar-refractivity contribution in [3.63, 3.8) is 0 Å². The maximum atomic E-state index is 5.82. The van der Waals surface area contributed by atoms with Crippen molar-refractivity contribution in [2.24, 2.45) is 0 Å². The third-order valence-electron chi connectivity index (χ3n) is 3.07. The van der Waals surface area contributed by atoms with Gasteiger partial charge in [0.25, 0.3) is 0 Å². The molecule has 76 valence electrons. The lowest BCUT2D eigenvalue weighted by molar-refractivity contribution is 0.220. The number of benzene rings is 1. The van der Waals surface area contributed by atoms with Crippen LogP contribution in [0.1, 0.15) is 44.6 Å². The molecule has 1 aliphatic rings. The number of hydrogen-bond donors (Lipinski definition) is 0. The summed E-state index contributed by atoms with van der Waals surface area (Å²) in [5.41, 5.74) is 1.41. The van der Waals surface area contributed by atoms with Crippen LogP contribution in [-0.4, -0.2) is 6.10 Å². The van der Waals surface area contributed by atoms with Crippen LogP contribution in [0.15, 0.2) is 24.3 Å². The van der Waals surface area contributed by atoms with Crippen molar-refractivity contribution in [3.8, 4) is 5.75 Å². The molecule has 1 aromatic rings. The first kappa shape index (κ1) is 9.57. The van der Waals surface area contributed by atoms with Crippen molar-refractivity contribution in [1.82, 2.24) is 0 Å². The molecule has 0 fully saturated rings. The lowest BCUT2D eigenvalue weighted by Crippen LogP contribution is -2.13. The first-order valence-corrected chi connectivity index (χ1v) is 5.58. The van der Waals surface area contributed by atoms with E-state index >= 15 is 0 Å². The van der Waals surface area contributed by atoms with E-state index in [-0.39, 0.29) is 0 Å². The van der Waals surface area contributed by atoms with Crippen LogP contribution in [0.4, 0.5) is 0 Å². The van der Waals surface area contributed by atoms with E-state index in [9.17, 15) is 0 Å². The van der Waals surface area contributed by atoms with Gasteiger partial charge in [-0.3, -0.25) is 0 Å². The lowest BCUT2D eigenvalue weighted by atomic mass is 9.91. The number of rotatable bonds is 3. The Labute approximate surface area is 86.1 Å². The molecule has 2 rings (SSSR count). The zero-order valence-corrected chi connectivity index (χ0v) is 8.99. The Hall–Kier alpha value is -0.980. The predicted octanol–water partition coefficient (Wildman–Crippen LogP) is 3.74. The van der Waals surface area contributed by atoms with E-state index in [2.05, 4.69) is 32.0 Å². The maximum Gasteiger partial charge on any atom is 0.123 e. The van der Waals surface area contributed by atoms with Crippen molar-refractivity contribution >= 4 is 0 Å². The van der Waals surface area contributed by atoms with Gasteiger partial charge in [-0.05, 0) is 19.4 Å². The van der Waals surface area contributed by atoms with Crippen LogP contribution < -0.4 is 4.74 Å². The molecule has 0 aromatic heterocycles. The van der Waals surface area contributed by atoms with Gasteiger partial charge >= 0.3 is 0 Å². The first-order valence-electron chi connectivity index (χ1n) is 5.58. The normalized spacial score (nSPS) is 24.4. The van der Waals surface area contributed by atoms with Crippen molar-refractivity contribution in [2.45, 2.75) is 45.1 Å². The van der Waals surface area contributed by atoms with Crippen molar-refractivity contribution in [2.75, 3.05) is 0 Å². The Morgan fingerprint density at radius 2 is 2.07 bits per heavy atom. The minimum Gasteiger partial charge on any atom is -0.490 e. The van der Waals surface area contributed by atoms with E-state index in [4.69, 9.17) is 4.74 Å². The summed E-state index contributed by atoms with van der Waals surface area (Å²) in [6, 6.07) is 8.45. The van der Waals surface area contributed by atoms with E-state index in [0.717, 1.165) is 5.75 Å². The third kappa shape index (κ3) is 1.63. The summed E-state index contributed by atoms with van der Waals surface area (Å²) in [6.07, 6.45) is 4.19. The average Bonchev–Trinajstić information content (AvgIpc) is 2.51. The van der Waals surface area contributed by atoms with Gasteiger partial charge in [0.05, 0.1) is 0 Å². The summed E-state index contributed by atoms with van der Waals surface area (Å²) in [5, 5.41) is 0. The Kier molecular flexibility index (Phi) is 2.76. The molecule has 1 unspecified atom stereocenters. The summed E-state index contributed by atoms with van der Waals surface area (Å²) in [7, 11) is 0. The first-order chi connectivity index (χ1) is 6.83. The maximum absolute atomic E-state index is 5.82. The van der Waals surface area contributed by atoms with Gasteiger partial charge in [-0.1, -0.05) is 38.0 Å². The number of fused-ring (bicyclic) bond motifs is 1. The summed E-state index contributed by atoms with van der Waals surface area (Å²) >= 11 is 0. The minimum atomic E-state index is 0.360. The molecule has 0 aliphatic carbocycles. The van der Waals surface area contributed by atoms with Crippen LogP contribution in [0, 0.1) is 0 Å². The molecule has 0 bridgehead atoms. The van der Waals surface area contributed by atoms with Crippen molar-refractivity contribution < 1.29 is 4.74 Å². The van der Waals surface area contributed by atoms with Gasteiger partial charge in [-0.15, -0.1) is 0 Å². The molecule has 0 spiro atoms. The zero-order chi connectivity index (χ0) is 9.97. The van der Waals surface area contributed by atoms with E-state index in [1.54, 1.807) is 0 Å². The highest BCUT2D eigenvalue weighted by Crippen LogP contribution is 2.40. The molecule has 0 saturated heterocycles. The van der Waals surface area contributed by atoms with Gasteiger partial charge in [0.1, 0.15) is 11.9 Å². The molecular formula is C13H18O. The number of para-hydroxylation sites is 1. The number of unbranched alkanes of at least 4 members (excludes halogenated alkanes) is 1. The van der Waals surface area contributed by atoms with Gasteiger partial charge in [-0.25, -0.2) is 0 Å². The topological polar surface area (TPSA) is 9.23 Å². The number of hydrogen-bond acceptors (Lipinski definition) is 1. The van der Waals surface area contributed by atoms with Gasteiger partial charge in [-0.2, -0.15) is 0 Å². The molecule has 1 aromatic carbocycles. The molecule has 1 nitrogen and oxygen atoms in total. The standard InChI is InChI=1S/C13H18O/c1-3-4-7-11-10(2)14-13-9-6-5-8-12(11)13/h5-6,8-11H,3-4,7H2,1-2H3/t10-,11?/m0/s1. The third-order valence-corrected chi connectivity index (χ3v) is 3.07. The fraction of sp³-hybridized carbons (Fsp3) is 0.538. The highest BCUT2D eigenvalue weighted by molar-refractivity contribution is 5.40. The molecular weight excluding hydrogens is 172 g/mol. The smallest absolute Gasteiger partial charge is 0.123 e. The predicted molar refractivity (Wildman–Crippen MR) is 58.8 cm³/mol. The average molecular weight is 190 g/mol. The monoisotopic (exact) mass is 190 g/mol. The van der Waals surface area contributed by atoms with Crippen LogP contribution in [0.5, 0.6) is 5.75 Å². The van der Waals surface area contributed by atoms with Crippen LogP contribution in [-0.2, 0) is 0 Å². The summed E-state index contributed by atoms with van der Waals surface area (Å²) in [5.74, 6) is 1.72. The number of ether oxygens (including phenoxy) is 1. The fourth-order valence-corrected chi connectivity index (χ4v) is 2.24. The van der Waals surface area contributed by atoms with Crippen molar-refractivity contribution in [1.29, 1.82) is 0 Å². The summed E-state index contributed by atoms with van der Waals surface area (Å²) in [6.45, 7) is 4.42. The molecule has 1 heterocycles. The molecule has 0 amide bonds. The van der Waals surface area contributed by atoms with E-state index in [0.29, 0.717) is 12.0 Å². The molecule has 0 saturated carbocycles. The largest absolute Gasteiger partial charge is 0.490 e. The van der Waals surface area contributed by atoms with Crippen LogP contribution in [0.3, 0.4) is 0 Å². The summed E-state index contributed by atoms with van der Waals surface area (Å²) in [4.78, 5) is 0. The highest BCUT2D eigenvalue weighted by atomic mass is 16.5. The summed E-state index contributed by atoms with van der Waals surface area (Å²) < 4.78 is 5.82. The molecule has 2 atom stereocenters. The van der Waals surface area contributed by atoms with Crippen LogP contribution >= 0.6 is 0 Å². The quantitative estimate of drug-likeness (QED) is 0.705. The second-order valence-electron chi connectivity index (χ2n) is 4.11. The molecule has 1 aliphatic heterocycles. The second-order valence-corrected chi connectivity index (χ2v) is 4.11. The van der Waals surface area contributed by atoms with E-state index in [1.807, 2.05) is 6.07 Å². The lowest BCUT2D eigenvalue weighted by Gasteiger charge is -2.13. The molecule has 14 heavy (non-hydrogen) atoms. The molecule has 0 radical (unpaired) electrons. The van der Waals surface area contributed by atoms with Gasteiger partial charge in [0, 0.05) is 11.5 Å². The molecule has 1 heteroatoms. The van der Waals surface area contributed by atoms with Gasteiger partial charge < -0.3 is 4.74 Å². The van der Waals surface area contributed by atoms with E-state index in [1.165, 1.54) is 24.8 Å². The Balaban J connectivity index is 2.17. The van der Waals surface area contributed by atoms with Gasteiger partial charge in [0.15, 0.2) is 0 Å². The zero-order valence-electron chi connectivity index (χ0n) is 8.99. The fourth-order valence-electron chi connectivity index (χ4n) is 2.24. The van der Waals surface area contributed by atoms with Gasteiger partial charge in [0.2, 0.25) is 0 Å².